The summed E-state index contributed by atoms with van der Waals surface area (Å²) >= 11 is 1.85. The molecule has 1 aromatic heterocycles. The van der Waals surface area contributed by atoms with Gasteiger partial charge in [-0.3, -0.25) is 4.79 Å². The summed E-state index contributed by atoms with van der Waals surface area (Å²) in [5.74, 6) is 0.111. The highest BCUT2D eigenvalue weighted by Gasteiger charge is 2.23. The second-order valence-corrected chi connectivity index (χ2v) is 7.04. The van der Waals surface area contributed by atoms with Crippen molar-refractivity contribution in [3.05, 3.63) is 71.4 Å². The number of fused-ring (bicyclic) bond motifs is 1. The molecule has 0 saturated carbocycles. The molecule has 2 aromatic carbocycles. The minimum Gasteiger partial charge on any atom is -0.332 e. The van der Waals surface area contributed by atoms with Crippen LogP contribution in [0.15, 0.2) is 54.6 Å². The first-order valence-electron chi connectivity index (χ1n) is 8.41. The molecule has 1 heterocycles. The molecule has 1 unspecified atom stereocenters. The zero-order chi connectivity index (χ0) is 17.1. The normalized spacial score (nSPS) is 12.5. The van der Waals surface area contributed by atoms with Gasteiger partial charge < -0.3 is 4.57 Å². The van der Waals surface area contributed by atoms with Gasteiger partial charge in [0.25, 0.3) is 0 Å². The number of benzene rings is 2. The van der Waals surface area contributed by atoms with Gasteiger partial charge in [-0.2, -0.15) is 0 Å². The lowest BCUT2D eigenvalue weighted by atomic mass is 10.0. The van der Waals surface area contributed by atoms with Crippen molar-refractivity contribution in [1.29, 1.82) is 0 Å². The van der Waals surface area contributed by atoms with E-state index in [1.54, 1.807) is 0 Å². The second kappa shape index (κ2) is 7.27. The Hall–Kier alpha value is -2.00. The van der Waals surface area contributed by atoms with Crippen molar-refractivity contribution < 1.29 is 4.79 Å². The number of ketones is 1. The molecule has 1 atom stereocenters. The number of rotatable bonds is 6. The molecule has 0 fully saturated rings. The predicted molar refractivity (Wildman–Crippen MR) is 104 cm³/mol. The van der Waals surface area contributed by atoms with Crippen molar-refractivity contribution in [3.63, 3.8) is 0 Å². The standard InChI is InChI=1S/C21H23NOS/c1-4-10-19(24-3)22-15(2)20(17-13-8-9-14-18(17)22)21(23)16-11-6-5-7-12-16/h5-9,11-14,19H,4,10H2,1-3H3. The Morgan fingerprint density at radius 1 is 1.08 bits per heavy atom. The number of hydrogen-bond donors (Lipinski definition) is 0. The third kappa shape index (κ3) is 2.89. The summed E-state index contributed by atoms with van der Waals surface area (Å²) in [4.78, 5) is 13.1. The van der Waals surface area contributed by atoms with Crippen molar-refractivity contribution in [2.75, 3.05) is 6.26 Å². The highest BCUT2D eigenvalue weighted by atomic mass is 32.2. The summed E-state index contributed by atoms with van der Waals surface area (Å²) in [6.07, 6.45) is 4.37. The predicted octanol–water partition coefficient (Wildman–Crippen LogP) is 5.84. The van der Waals surface area contributed by atoms with Gasteiger partial charge in [0, 0.05) is 22.2 Å². The van der Waals surface area contributed by atoms with Crippen molar-refractivity contribution in [2.24, 2.45) is 0 Å². The van der Waals surface area contributed by atoms with Crippen LogP contribution in [-0.2, 0) is 0 Å². The van der Waals surface area contributed by atoms with E-state index in [2.05, 4.69) is 42.9 Å². The van der Waals surface area contributed by atoms with E-state index in [4.69, 9.17) is 0 Å². The highest BCUT2D eigenvalue weighted by Crippen LogP contribution is 2.36. The van der Waals surface area contributed by atoms with E-state index in [1.165, 1.54) is 0 Å². The first kappa shape index (κ1) is 16.8. The molecular weight excluding hydrogens is 314 g/mol. The van der Waals surface area contributed by atoms with Gasteiger partial charge >= 0.3 is 0 Å². The Labute approximate surface area is 147 Å². The molecule has 2 nitrogen and oxygen atoms in total. The van der Waals surface area contributed by atoms with E-state index in [9.17, 15) is 4.79 Å². The molecule has 24 heavy (non-hydrogen) atoms. The lowest BCUT2D eigenvalue weighted by Gasteiger charge is -2.19. The third-order valence-corrected chi connectivity index (χ3v) is 5.51. The lowest BCUT2D eigenvalue weighted by Crippen LogP contribution is -2.09. The summed E-state index contributed by atoms with van der Waals surface area (Å²) in [5.41, 5.74) is 3.81. The average molecular weight is 337 g/mol. The smallest absolute Gasteiger partial charge is 0.195 e. The van der Waals surface area contributed by atoms with Crippen LogP contribution in [-0.4, -0.2) is 16.6 Å². The van der Waals surface area contributed by atoms with Crippen LogP contribution in [0.1, 0.15) is 46.8 Å². The minimum atomic E-state index is 0.111. The summed E-state index contributed by atoms with van der Waals surface area (Å²) in [7, 11) is 0. The summed E-state index contributed by atoms with van der Waals surface area (Å²) < 4.78 is 2.35. The van der Waals surface area contributed by atoms with E-state index in [0.29, 0.717) is 5.37 Å². The number of nitrogens with zero attached hydrogens (tertiary/aromatic N) is 1. The average Bonchev–Trinajstić information content (AvgIpc) is 2.92. The Morgan fingerprint density at radius 2 is 1.75 bits per heavy atom. The van der Waals surface area contributed by atoms with Gasteiger partial charge in [-0.1, -0.05) is 61.9 Å². The molecule has 3 rings (SSSR count). The van der Waals surface area contributed by atoms with Crippen molar-refractivity contribution in [2.45, 2.75) is 32.1 Å². The van der Waals surface area contributed by atoms with Crippen LogP contribution in [0.2, 0.25) is 0 Å². The molecule has 0 aliphatic rings. The maximum atomic E-state index is 13.1. The number of para-hydroxylation sites is 1. The van der Waals surface area contributed by atoms with Crippen LogP contribution in [0.3, 0.4) is 0 Å². The van der Waals surface area contributed by atoms with E-state index in [1.807, 2.05) is 48.2 Å². The Kier molecular flexibility index (Phi) is 5.10. The molecule has 0 radical (unpaired) electrons. The molecule has 0 spiro atoms. The third-order valence-electron chi connectivity index (χ3n) is 4.51. The quantitative estimate of drug-likeness (QED) is 0.527. The van der Waals surface area contributed by atoms with E-state index in [-0.39, 0.29) is 5.78 Å². The number of hydrogen-bond acceptors (Lipinski definition) is 2. The highest BCUT2D eigenvalue weighted by molar-refractivity contribution is 7.98. The van der Waals surface area contributed by atoms with Gasteiger partial charge in [0.2, 0.25) is 0 Å². The van der Waals surface area contributed by atoms with Crippen LogP contribution in [0.5, 0.6) is 0 Å². The molecule has 0 bridgehead atoms. The second-order valence-electron chi connectivity index (χ2n) is 6.02. The van der Waals surface area contributed by atoms with Gasteiger partial charge in [-0.15, -0.1) is 11.8 Å². The monoisotopic (exact) mass is 337 g/mol. The fourth-order valence-electron chi connectivity index (χ4n) is 3.38. The summed E-state index contributed by atoms with van der Waals surface area (Å²) in [6, 6.07) is 17.8. The Bertz CT molecular complexity index is 851. The van der Waals surface area contributed by atoms with E-state index >= 15 is 0 Å². The molecule has 3 aromatic rings. The summed E-state index contributed by atoms with van der Waals surface area (Å²) in [5, 5.41) is 1.41. The zero-order valence-electron chi connectivity index (χ0n) is 14.5. The first-order valence-corrected chi connectivity index (χ1v) is 9.69. The number of aromatic nitrogens is 1. The molecule has 0 saturated heterocycles. The van der Waals surface area contributed by atoms with Gasteiger partial charge in [0.1, 0.15) is 0 Å². The van der Waals surface area contributed by atoms with Crippen molar-refractivity contribution in [1.82, 2.24) is 4.57 Å². The van der Waals surface area contributed by atoms with Gasteiger partial charge in [-0.05, 0) is 25.7 Å². The molecule has 0 aliphatic heterocycles. The molecule has 124 valence electrons. The van der Waals surface area contributed by atoms with Gasteiger partial charge in [0.05, 0.1) is 10.9 Å². The zero-order valence-corrected chi connectivity index (χ0v) is 15.3. The summed E-state index contributed by atoms with van der Waals surface area (Å²) in [6.45, 7) is 4.29. The molecule has 0 aliphatic carbocycles. The fraction of sp³-hybridized carbons (Fsp3) is 0.286. The van der Waals surface area contributed by atoms with E-state index < -0.39 is 0 Å². The van der Waals surface area contributed by atoms with Crippen LogP contribution in [0.25, 0.3) is 10.9 Å². The topological polar surface area (TPSA) is 22.0 Å². The maximum absolute atomic E-state index is 13.1. The maximum Gasteiger partial charge on any atom is 0.195 e. The number of carbonyl (C=O) groups is 1. The largest absolute Gasteiger partial charge is 0.332 e. The van der Waals surface area contributed by atoms with Gasteiger partial charge in [0.15, 0.2) is 5.78 Å². The molecule has 0 N–H and O–H groups in total. The first-order chi connectivity index (χ1) is 11.7. The fourth-order valence-corrected chi connectivity index (χ4v) is 4.34. The van der Waals surface area contributed by atoms with Crippen LogP contribution in [0, 0.1) is 6.92 Å². The van der Waals surface area contributed by atoms with Crippen LogP contribution in [0.4, 0.5) is 0 Å². The molecule has 0 amide bonds. The number of thioether (sulfide) groups is 1. The minimum absolute atomic E-state index is 0.111. The van der Waals surface area contributed by atoms with Gasteiger partial charge in [-0.25, -0.2) is 0 Å². The lowest BCUT2D eigenvalue weighted by molar-refractivity contribution is 0.103. The van der Waals surface area contributed by atoms with Crippen LogP contribution < -0.4 is 0 Å². The molecular formula is C21H23NOS. The van der Waals surface area contributed by atoms with E-state index in [0.717, 1.165) is 40.6 Å². The Balaban J connectivity index is 2.22. The van der Waals surface area contributed by atoms with Crippen molar-refractivity contribution in [3.8, 4) is 0 Å². The molecule has 3 heteroatoms. The van der Waals surface area contributed by atoms with Crippen molar-refractivity contribution >= 4 is 28.4 Å². The Morgan fingerprint density at radius 3 is 2.42 bits per heavy atom. The number of carbonyl (C=O) groups excluding carboxylic acids is 1. The SMILES string of the molecule is CCCC(SC)n1c(C)c(C(=O)c2ccccc2)c2ccccc21. The van der Waals surface area contributed by atoms with Crippen LogP contribution >= 0.6 is 11.8 Å².